The number of aromatic amines is 1. The predicted molar refractivity (Wildman–Crippen MR) is 136 cm³/mol. The summed E-state index contributed by atoms with van der Waals surface area (Å²) in [6.07, 6.45) is 4.70. The highest BCUT2D eigenvalue weighted by molar-refractivity contribution is 6.04. The molecule has 1 aromatic heterocycles. The van der Waals surface area contributed by atoms with Crippen LogP contribution in [0.2, 0.25) is 0 Å². The van der Waals surface area contributed by atoms with Gasteiger partial charge >= 0.3 is 0 Å². The van der Waals surface area contributed by atoms with E-state index in [-0.39, 0.29) is 11.9 Å². The summed E-state index contributed by atoms with van der Waals surface area (Å²) in [6.45, 7) is 7.03. The molecular weight excluding hydrogens is 438 g/mol. The van der Waals surface area contributed by atoms with E-state index in [4.69, 9.17) is 4.74 Å². The van der Waals surface area contributed by atoms with Crippen LogP contribution in [0.4, 0.5) is 0 Å². The van der Waals surface area contributed by atoms with E-state index in [0.717, 1.165) is 49.9 Å². The van der Waals surface area contributed by atoms with Crippen LogP contribution in [0.15, 0.2) is 48.5 Å². The lowest BCUT2D eigenvalue weighted by atomic mass is 9.84. The fraction of sp³-hybridized carbons (Fsp3) is 0.500. The van der Waals surface area contributed by atoms with E-state index < -0.39 is 0 Å². The number of ether oxygens (including phenoxy) is 1. The number of amides is 1. The van der Waals surface area contributed by atoms with E-state index >= 15 is 0 Å². The van der Waals surface area contributed by atoms with Crippen LogP contribution < -0.4 is 5.32 Å². The summed E-state index contributed by atoms with van der Waals surface area (Å²) in [4.78, 5) is 18.1. The average molecular weight is 474 g/mol. The lowest BCUT2D eigenvalue weighted by molar-refractivity contribution is 0.0468. The first kappa shape index (κ1) is 22.7. The molecule has 2 N–H and O–H groups in total. The van der Waals surface area contributed by atoms with Crippen LogP contribution >= 0.6 is 0 Å². The van der Waals surface area contributed by atoms with E-state index in [2.05, 4.69) is 67.8 Å². The van der Waals surface area contributed by atoms with Crippen molar-refractivity contribution in [1.29, 1.82) is 0 Å². The van der Waals surface area contributed by atoms with Crippen molar-refractivity contribution in [2.45, 2.75) is 44.4 Å². The standard InChI is InChI=1S/C28H35N5O2/c34-28(29-26-18-33-13-9-22(26)10-14-33)27-24-16-20(6-7-25(24)30-31-27)8-12-32-15-11-23(17-32)35-19-21-4-2-1-3-5-21/h1-7,16,22-23,26H,8-15,17-19H2,(H,29,34)(H,30,31)/t23?,26-/m1/s1. The lowest BCUT2D eigenvalue weighted by Gasteiger charge is -2.44. The quantitative estimate of drug-likeness (QED) is 0.526. The van der Waals surface area contributed by atoms with E-state index in [0.29, 0.717) is 24.3 Å². The third-order valence-electron chi connectivity index (χ3n) is 8.09. The van der Waals surface area contributed by atoms with Crippen LogP contribution in [0, 0.1) is 5.92 Å². The maximum atomic E-state index is 13.1. The van der Waals surface area contributed by atoms with Gasteiger partial charge in [-0.05, 0) is 68.0 Å². The topological polar surface area (TPSA) is 73.5 Å². The molecule has 35 heavy (non-hydrogen) atoms. The Labute approximate surface area is 206 Å². The highest BCUT2D eigenvalue weighted by Crippen LogP contribution is 2.28. The van der Waals surface area contributed by atoms with E-state index in [9.17, 15) is 4.79 Å². The van der Waals surface area contributed by atoms with Gasteiger partial charge in [0, 0.05) is 37.6 Å². The Kier molecular flexibility index (Phi) is 6.55. The molecule has 3 aromatic rings. The molecule has 4 aliphatic rings. The molecular formula is C28H35N5O2. The van der Waals surface area contributed by atoms with Gasteiger partial charge in [-0.15, -0.1) is 0 Å². The highest BCUT2D eigenvalue weighted by atomic mass is 16.5. The SMILES string of the molecule is O=C(N[C@@H]1CN2CCC1CC2)c1n[nH]c2ccc(CCN3CCC(OCc4ccccc4)C3)cc12. The highest BCUT2D eigenvalue weighted by Gasteiger charge is 2.35. The molecule has 0 spiro atoms. The minimum atomic E-state index is -0.0508. The Bertz CT molecular complexity index is 1150. The predicted octanol–water partition coefficient (Wildman–Crippen LogP) is 3.22. The second kappa shape index (κ2) is 10.1. The van der Waals surface area contributed by atoms with Crippen molar-refractivity contribution in [3.8, 4) is 0 Å². The van der Waals surface area contributed by atoms with Gasteiger partial charge in [0.2, 0.25) is 0 Å². The second-order valence-electron chi connectivity index (χ2n) is 10.4. The third-order valence-corrected chi connectivity index (χ3v) is 8.09. The zero-order valence-corrected chi connectivity index (χ0v) is 20.3. The molecule has 0 aliphatic carbocycles. The van der Waals surface area contributed by atoms with Crippen LogP contribution in [0.1, 0.15) is 40.9 Å². The van der Waals surface area contributed by atoms with Crippen LogP contribution in [0.5, 0.6) is 0 Å². The minimum Gasteiger partial charge on any atom is -0.372 e. The Hall–Kier alpha value is -2.74. The number of nitrogens with one attached hydrogen (secondary N) is 2. The molecule has 7 heteroatoms. The van der Waals surface area contributed by atoms with Crippen molar-refractivity contribution in [3.63, 3.8) is 0 Å². The first-order valence-corrected chi connectivity index (χ1v) is 13.1. The van der Waals surface area contributed by atoms with Crippen molar-refractivity contribution in [2.75, 3.05) is 39.3 Å². The van der Waals surface area contributed by atoms with Gasteiger partial charge in [0.1, 0.15) is 0 Å². The zero-order valence-electron chi connectivity index (χ0n) is 20.3. The van der Waals surface area contributed by atoms with Gasteiger partial charge in [-0.2, -0.15) is 5.10 Å². The van der Waals surface area contributed by atoms with Gasteiger partial charge in [-0.1, -0.05) is 36.4 Å². The van der Waals surface area contributed by atoms with Gasteiger partial charge in [-0.3, -0.25) is 9.89 Å². The molecule has 7 nitrogen and oxygen atoms in total. The summed E-state index contributed by atoms with van der Waals surface area (Å²) >= 11 is 0. The third kappa shape index (κ3) is 5.13. The molecule has 2 aromatic carbocycles. The number of carbonyl (C=O) groups is 1. The average Bonchev–Trinajstić information content (AvgIpc) is 3.54. The number of carbonyl (C=O) groups excluding carboxylic acids is 1. The van der Waals surface area contributed by atoms with Crippen LogP contribution in [0.25, 0.3) is 10.9 Å². The number of likely N-dealkylation sites (tertiary alicyclic amines) is 1. The maximum Gasteiger partial charge on any atom is 0.272 e. The Morgan fingerprint density at radius 1 is 1.03 bits per heavy atom. The number of fused-ring (bicyclic) bond motifs is 4. The van der Waals surface area contributed by atoms with Gasteiger partial charge in [0.05, 0.1) is 18.2 Å². The first-order chi connectivity index (χ1) is 17.2. The lowest BCUT2D eigenvalue weighted by Crippen LogP contribution is -2.57. The number of hydrogen-bond donors (Lipinski definition) is 2. The molecule has 2 atom stereocenters. The normalized spacial score (nSPS) is 26.4. The van der Waals surface area contributed by atoms with Gasteiger partial charge in [0.15, 0.2) is 5.69 Å². The number of hydrogen-bond acceptors (Lipinski definition) is 5. The van der Waals surface area contributed by atoms with Gasteiger partial charge < -0.3 is 19.9 Å². The molecule has 1 amide bonds. The van der Waals surface area contributed by atoms with E-state index in [1.54, 1.807) is 0 Å². The smallest absolute Gasteiger partial charge is 0.272 e. The molecule has 4 aliphatic heterocycles. The molecule has 0 radical (unpaired) electrons. The summed E-state index contributed by atoms with van der Waals surface area (Å²) < 4.78 is 6.14. The van der Waals surface area contributed by atoms with Crippen molar-refractivity contribution in [2.24, 2.45) is 5.92 Å². The molecule has 7 rings (SSSR count). The van der Waals surface area contributed by atoms with Crippen molar-refractivity contribution < 1.29 is 9.53 Å². The summed E-state index contributed by atoms with van der Waals surface area (Å²) in [7, 11) is 0. The number of rotatable bonds is 8. The minimum absolute atomic E-state index is 0.0508. The molecule has 4 saturated heterocycles. The monoisotopic (exact) mass is 473 g/mol. The van der Waals surface area contributed by atoms with E-state index in [1.807, 2.05) is 6.07 Å². The van der Waals surface area contributed by atoms with Crippen LogP contribution in [0.3, 0.4) is 0 Å². The summed E-state index contributed by atoms with van der Waals surface area (Å²) in [6, 6.07) is 17.0. The Morgan fingerprint density at radius 3 is 2.69 bits per heavy atom. The molecule has 2 bridgehead atoms. The maximum absolute atomic E-state index is 13.1. The number of benzene rings is 2. The number of aromatic nitrogens is 2. The first-order valence-electron chi connectivity index (χ1n) is 13.1. The van der Waals surface area contributed by atoms with Crippen molar-refractivity contribution in [3.05, 3.63) is 65.4 Å². The number of piperidine rings is 3. The Balaban J connectivity index is 1.04. The summed E-state index contributed by atoms with van der Waals surface area (Å²) in [5.74, 6) is 0.552. The molecule has 0 saturated carbocycles. The number of nitrogens with zero attached hydrogens (tertiary/aromatic N) is 3. The zero-order chi connectivity index (χ0) is 23.6. The molecule has 5 heterocycles. The van der Waals surface area contributed by atoms with E-state index in [1.165, 1.54) is 37.1 Å². The molecule has 1 unspecified atom stereocenters. The van der Waals surface area contributed by atoms with Crippen LogP contribution in [-0.4, -0.2) is 77.3 Å². The summed E-state index contributed by atoms with van der Waals surface area (Å²) in [5, 5.41) is 11.6. The van der Waals surface area contributed by atoms with Gasteiger partial charge in [-0.25, -0.2) is 0 Å². The Morgan fingerprint density at radius 2 is 1.89 bits per heavy atom. The van der Waals surface area contributed by atoms with Crippen molar-refractivity contribution >= 4 is 16.8 Å². The largest absolute Gasteiger partial charge is 0.372 e. The number of H-pyrrole nitrogens is 1. The fourth-order valence-corrected chi connectivity index (χ4v) is 5.97. The fourth-order valence-electron chi connectivity index (χ4n) is 5.97. The molecule has 184 valence electrons. The van der Waals surface area contributed by atoms with Gasteiger partial charge in [0.25, 0.3) is 5.91 Å². The van der Waals surface area contributed by atoms with Crippen LogP contribution in [-0.2, 0) is 17.8 Å². The second-order valence-corrected chi connectivity index (χ2v) is 10.4. The van der Waals surface area contributed by atoms with Crippen molar-refractivity contribution in [1.82, 2.24) is 25.3 Å². The summed E-state index contributed by atoms with van der Waals surface area (Å²) in [5.41, 5.74) is 3.91. The molecule has 4 fully saturated rings.